The van der Waals surface area contributed by atoms with E-state index in [0.717, 1.165) is 122 Å². The van der Waals surface area contributed by atoms with Crippen LogP contribution < -0.4 is 4.89 Å². The molecule has 432 valence electrons. The highest BCUT2D eigenvalue weighted by Gasteiger charge is 2.21. The van der Waals surface area contributed by atoms with E-state index >= 15 is 0 Å². The number of hydrogen-bond acceptors (Lipinski definition) is 8. The Morgan fingerprint density at radius 3 is 1.05 bits per heavy atom. The molecule has 0 aliphatic carbocycles. The van der Waals surface area contributed by atoms with Crippen LogP contribution in [0.15, 0.2) is 134 Å². The highest BCUT2D eigenvalue weighted by Crippen LogP contribution is 2.38. The van der Waals surface area contributed by atoms with E-state index in [1.165, 1.54) is 57.8 Å². The van der Waals surface area contributed by atoms with Crippen LogP contribution in [-0.4, -0.2) is 70.0 Å². The summed E-state index contributed by atoms with van der Waals surface area (Å²) in [6.45, 7) is 3.98. The lowest BCUT2D eigenvalue weighted by atomic mass is 10.1. The minimum Gasteiger partial charge on any atom is -0.756 e. The second kappa shape index (κ2) is 55.9. The first kappa shape index (κ1) is 72.2. The third-order valence-electron chi connectivity index (χ3n) is 12.2. The maximum Gasteiger partial charge on any atom is 0.306 e. The van der Waals surface area contributed by atoms with Crippen molar-refractivity contribution in [1.82, 2.24) is 0 Å². The summed E-state index contributed by atoms with van der Waals surface area (Å²) in [5, 5.41) is 0. The van der Waals surface area contributed by atoms with Gasteiger partial charge in [0.25, 0.3) is 7.82 Å². The summed E-state index contributed by atoms with van der Waals surface area (Å²) in [6.07, 6.45) is 80.6. The summed E-state index contributed by atoms with van der Waals surface area (Å²) >= 11 is 0. The van der Waals surface area contributed by atoms with Crippen molar-refractivity contribution in [2.24, 2.45) is 0 Å². The number of carbonyl (C=O) groups excluding carboxylic acids is 2. The fraction of sp³-hybridized carbons (Fsp3) is 0.636. The van der Waals surface area contributed by atoms with Crippen molar-refractivity contribution in [3.63, 3.8) is 0 Å². The minimum atomic E-state index is -4.65. The number of nitrogens with zero attached hydrogens (tertiary/aromatic N) is 1. The number of ether oxygens (including phenoxy) is 2. The van der Waals surface area contributed by atoms with Crippen LogP contribution in [0, 0.1) is 0 Å². The predicted molar refractivity (Wildman–Crippen MR) is 323 cm³/mol. The van der Waals surface area contributed by atoms with Crippen molar-refractivity contribution in [2.75, 3.05) is 47.5 Å². The molecule has 0 bridgehead atoms. The molecule has 0 aromatic heterocycles. The van der Waals surface area contributed by atoms with E-state index in [1.807, 2.05) is 21.1 Å². The number of phosphoric acid groups is 1. The van der Waals surface area contributed by atoms with Gasteiger partial charge in [-0.1, -0.05) is 231 Å². The first-order valence-electron chi connectivity index (χ1n) is 29.9. The van der Waals surface area contributed by atoms with Crippen LogP contribution in [-0.2, 0) is 32.7 Å². The van der Waals surface area contributed by atoms with Crippen molar-refractivity contribution in [3.8, 4) is 0 Å². The Hall–Kier alpha value is -3.85. The van der Waals surface area contributed by atoms with Crippen LogP contribution in [0.3, 0.4) is 0 Å². The number of allylic oxidation sites excluding steroid dienone is 22. The van der Waals surface area contributed by atoms with E-state index in [2.05, 4.69) is 148 Å². The van der Waals surface area contributed by atoms with Crippen LogP contribution in [0.2, 0.25) is 0 Å². The molecule has 0 aromatic rings. The van der Waals surface area contributed by atoms with Gasteiger partial charge in [-0.15, -0.1) is 0 Å². The molecule has 0 saturated heterocycles. The number of hydrogen-bond donors (Lipinski definition) is 0. The van der Waals surface area contributed by atoms with Crippen LogP contribution in [0.25, 0.3) is 0 Å². The van der Waals surface area contributed by atoms with Gasteiger partial charge in [-0.3, -0.25) is 14.2 Å². The van der Waals surface area contributed by atoms with Crippen molar-refractivity contribution in [1.29, 1.82) is 0 Å². The zero-order valence-electron chi connectivity index (χ0n) is 48.9. The van der Waals surface area contributed by atoms with E-state index in [-0.39, 0.29) is 26.1 Å². The molecule has 0 aliphatic heterocycles. The minimum absolute atomic E-state index is 0.0408. The van der Waals surface area contributed by atoms with Crippen molar-refractivity contribution >= 4 is 19.8 Å². The van der Waals surface area contributed by atoms with Crippen LogP contribution in [0.1, 0.15) is 219 Å². The second-order valence-electron chi connectivity index (χ2n) is 20.6. The van der Waals surface area contributed by atoms with E-state index in [9.17, 15) is 19.0 Å². The smallest absolute Gasteiger partial charge is 0.306 e. The first-order valence-corrected chi connectivity index (χ1v) is 31.4. The molecule has 2 unspecified atom stereocenters. The summed E-state index contributed by atoms with van der Waals surface area (Å²) in [5.41, 5.74) is 0. The molecule has 76 heavy (non-hydrogen) atoms. The molecule has 10 heteroatoms. The normalized spacial score (nSPS) is 14.2. The van der Waals surface area contributed by atoms with Gasteiger partial charge in [-0.25, -0.2) is 0 Å². The molecule has 0 fully saturated rings. The molecule has 0 spiro atoms. The molecule has 0 heterocycles. The third kappa shape index (κ3) is 59.4. The van der Waals surface area contributed by atoms with Crippen molar-refractivity contribution < 1.29 is 42.1 Å². The van der Waals surface area contributed by atoms with Gasteiger partial charge in [0.2, 0.25) is 0 Å². The molecule has 2 atom stereocenters. The lowest BCUT2D eigenvalue weighted by Crippen LogP contribution is -2.37. The van der Waals surface area contributed by atoms with Gasteiger partial charge in [0, 0.05) is 12.8 Å². The van der Waals surface area contributed by atoms with E-state index in [1.54, 1.807) is 0 Å². The van der Waals surface area contributed by atoms with Crippen molar-refractivity contribution in [3.05, 3.63) is 134 Å². The summed E-state index contributed by atoms with van der Waals surface area (Å²) in [7, 11) is 1.14. The number of esters is 2. The van der Waals surface area contributed by atoms with Gasteiger partial charge in [-0.2, -0.15) is 0 Å². The quantitative estimate of drug-likeness (QED) is 0.0195. The van der Waals surface area contributed by atoms with Crippen LogP contribution >= 0.6 is 7.82 Å². The lowest BCUT2D eigenvalue weighted by molar-refractivity contribution is -0.870. The lowest BCUT2D eigenvalue weighted by Gasteiger charge is -2.28. The maximum absolute atomic E-state index is 12.8. The van der Waals surface area contributed by atoms with Gasteiger partial charge in [0.05, 0.1) is 27.7 Å². The Kier molecular flexibility index (Phi) is 53.1. The van der Waals surface area contributed by atoms with E-state index in [0.29, 0.717) is 23.9 Å². The van der Waals surface area contributed by atoms with Gasteiger partial charge in [0.1, 0.15) is 19.8 Å². The van der Waals surface area contributed by atoms with Gasteiger partial charge in [-0.05, 0) is 109 Å². The number of likely N-dealkylation sites (N-methyl/N-ethyl adjacent to an activating group) is 1. The molecular weight excluding hydrogens is 966 g/mol. The second-order valence-corrected chi connectivity index (χ2v) is 22.0. The average molecular weight is 1080 g/mol. The molecule has 9 nitrogen and oxygen atoms in total. The number of unbranched alkanes of at least 4 members (excludes halogenated alkanes) is 17. The fourth-order valence-electron chi connectivity index (χ4n) is 7.63. The van der Waals surface area contributed by atoms with Gasteiger partial charge >= 0.3 is 11.9 Å². The molecule has 0 saturated carbocycles. The Balaban J connectivity index is 4.21. The maximum atomic E-state index is 12.8. The molecule has 0 N–H and O–H groups in total. The Morgan fingerprint density at radius 2 is 0.711 bits per heavy atom. The zero-order chi connectivity index (χ0) is 55.6. The van der Waals surface area contributed by atoms with E-state index < -0.39 is 32.5 Å². The summed E-state index contributed by atoms with van der Waals surface area (Å²) in [6, 6.07) is 0. The highest BCUT2D eigenvalue weighted by molar-refractivity contribution is 7.45. The molecule has 0 aliphatic rings. The fourth-order valence-corrected chi connectivity index (χ4v) is 8.36. The zero-order valence-corrected chi connectivity index (χ0v) is 49.8. The third-order valence-corrected chi connectivity index (χ3v) is 13.1. The molecule has 0 rings (SSSR count). The molecule has 0 aromatic carbocycles. The Bertz CT molecular complexity index is 1740. The van der Waals surface area contributed by atoms with Gasteiger partial charge in [0.15, 0.2) is 6.10 Å². The number of phosphoric ester groups is 1. The standard InChI is InChI=1S/C66H110NO8P/c1-6-8-10-12-14-16-18-20-22-24-26-28-29-30-31-32-33-34-35-36-37-39-41-43-45-47-49-51-53-55-57-59-66(69)75-64(63-74-76(70,71)73-61-60-67(3,4)5)62-72-65(68)58-56-54-52-50-48-46-44-42-40-38-27-25-23-21-19-17-15-13-11-9-7-2/h8-11,14-17,20-23,26-28,30-31,33-34,36-38,64H,6-7,12-13,18-19,24-25,29,32,35,39-63H2,1-5H3/b10-8-,11-9-,16-14-,17-15-,22-20-,23-21-,28-26-,31-30-,34-33-,37-36-,38-27-. The number of quaternary nitrogens is 1. The van der Waals surface area contributed by atoms with Crippen LogP contribution in [0.5, 0.6) is 0 Å². The number of rotatable bonds is 53. The van der Waals surface area contributed by atoms with Crippen LogP contribution in [0.4, 0.5) is 0 Å². The number of carbonyl (C=O) groups is 2. The summed E-state index contributed by atoms with van der Waals surface area (Å²) < 4.78 is 34.2. The highest BCUT2D eigenvalue weighted by atomic mass is 31.2. The topological polar surface area (TPSA) is 111 Å². The Labute approximate surface area is 466 Å². The summed E-state index contributed by atoms with van der Waals surface area (Å²) in [4.78, 5) is 37.9. The predicted octanol–water partition coefficient (Wildman–Crippen LogP) is 18.3. The largest absolute Gasteiger partial charge is 0.756 e. The van der Waals surface area contributed by atoms with Gasteiger partial charge < -0.3 is 27.9 Å². The molecular formula is C66H110NO8P. The molecule has 0 radical (unpaired) electrons. The monoisotopic (exact) mass is 1080 g/mol. The first-order chi connectivity index (χ1) is 37.0. The average Bonchev–Trinajstić information content (AvgIpc) is 3.38. The molecule has 0 amide bonds. The van der Waals surface area contributed by atoms with Crippen molar-refractivity contribution in [2.45, 2.75) is 225 Å². The van der Waals surface area contributed by atoms with E-state index in [4.69, 9.17) is 18.5 Å². The SMILES string of the molecule is CC/C=C\C/C=C\C/C=C\C/C=C\C/C=C\C/C=C\C/C=C\CCCCCCCCCCCC(=O)OC(COC(=O)CCCCCCCCCC/C=C\C/C=C\C/C=C\C/C=C\CC)COP(=O)([O-])OCC[N+](C)(C)C. The summed E-state index contributed by atoms with van der Waals surface area (Å²) in [5.74, 6) is -0.858. The Morgan fingerprint density at radius 1 is 0.408 bits per heavy atom.